The Morgan fingerprint density at radius 3 is 2.26 bits per heavy atom. The van der Waals surface area contributed by atoms with Crippen LogP contribution in [-0.2, 0) is 14.3 Å². The molecule has 6 aliphatic rings. The van der Waals surface area contributed by atoms with E-state index in [0.717, 1.165) is 41.1 Å². The van der Waals surface area contributed by atoms with Crippen LogP contribution in [0.3, 0.4) is 0 Å². The third kappa shape index (κ3) is 3.45. The monoisotopic (exact) mass is 469 g/mol. The number of benzene rings is 1. The van der Waals surface area contributed by atoms with Crippen LogP contribution in [0.15, 0.2) is 12.1 Å². The minimum Gasteiger partial charge on any atom is -0.493 e. The van der Waals surface area contributed by atoms with Gasteiger partial charge in [0.2, 0.25) is 5.91 Å². The molecule has 34 heavy (non-hydrogen) atoms. The van der Waals surface area contributed by atoms with Crippen LogP contribution in [0.5, 0.6) is 5.75 Å². The molecule has 2 atom stereocenters. The van der Waals surface area contributed by atoms with Crippen LogP contribution in [0, 0.1) is 34.9 Å². The van der Waals surface area contributed by atoms with Crippen LogP contribution in [0.2, 0.25) is 0 Å². The molecule has 0 aromatic heterocycles. The first-order valence-electron chi connectivity index (χ1n) is 12.7. The Morgan fingerprint density at radius 2 is 1.71 bits per heavy atom. The molecule has 2 amide bonds. The first-order chi connectivity index (χ1) is 16.3. The highest BCUT2D eigenvalue weighted by Crippen LogP contribution is 2.60. The summed E-state index contributed by atoms with van der Waals surface area (Å²) >= 11 is 0. The zero-order chi connectivity index (χ0) is 23.8. The number of amides is 2. The molecular formula is C27H32FNO5. The summed E-state index contributed by atoms with van der Waals surface area (Å²) in [5.41, 5.74) is 0.859. The van der Waals surface area contributed by atoms with E-state index in [9.17, 15) is 14.4 Å². The van der Waals surface area contributed by atoms with Gasteiger partial charge in [-0.05, 0) is 86.7 Å². The smallest absolute Gasteiger partial charge is 0.329 e. The molecule has 4 bridgehead atoms. The number of esters is 1. The second kappa shape index (κ2) is 7.79. The van der Waals surface area contributed by atoms with Crippen molar-refractivity contribution in [2.45, 2.75) is 70.3 Å². The summed E-state index contributed by atoms with van der Waals surface area (Å²) in [4.78, 5) is 38.4. The third-order valence-electron chi connectivity index (χ3n) is 9.09. The first kappa shape index (κ1) is 22.1. The van der Waals surface area contributed by atoms with Gasteiger partial charge in [0.1, 0.15) is 17.6 Å². The minimum absolute atomic E-state index is 0.182. The van der Waals surface area contributed by atoms with Gasteiger partial charge >= 0.3 is 5.97 Å². The number of β-lactam (4-membered cyclic amide) rings is 1. The highest BCUT2D eigenvalue weighted by Gasteiger charge is 2.54. The van der Waals surface area contributed by atoms with Crippen molar-refractivity contribution in [2.75, 3.05) is 13.7 Å². The van der Waals surface area contributed by atoms with Crippen molar-refractivity contribution >= 4 is 17.8 Å². The van der Waals surface area contributed by atoms with Crippen LogP contribution < -0.4 is 4.74 Å². The predicted octanol–water partition coefficient (Wildman–Crippen LogP) is 4.46. The lowest BCUT2D eigenvalue weighted by Crippen LogP contribution is -2.65. The molecule has 1 unspecified atom stereocenters. The maximum atomic E-state index is 15.2. The largest absolute Gasteiger partial charge is 0.493 e. The van der Waals surface area contributed by atoms with E-state index >= 15 is 4.39 Å². The Balaban J connectivity index is 1.25. The number of likely N-dealkylation sites (tertiary alicyclic amines) is 1. The van der Waals surface area contributed by atoms with Gasteiger partial charge in [-0.3, -0.25) is 14.5 Å². The van der Waals surface area contributed by atoms with E-state index in [1.54, 1.807) is 13.0 Å². The van der Waals surface area contributed by atoms with Crippen LogP contribution >= 0.6 is 0 Å². The van der Waals surface area contributed by atoms with Gasteiger partial charge in [0.25, 0.3) is 5.91 Å². The van der Waals surface area contributed by atoms with Crippen molar-refractivity contribution in [1.29, 1.82) is 0 Å². The van der Waals surface area contributed by atoms with E-state index in [2.05, 4.69) is 0 Å². The molecule has 1 saturated heterocycles. The van der Waals surface area contributed by atoms with Gasteiger partial charge in [-0.1, -0.05) is 6.92 Å². The molecule has 1 aliphatic heterocycles. The van der Waals surface area contributed by atoms with Crippen molar-refractivity contribution in [3.63, 3.8) is 0 Å². The molecule has 5 saturated carbocycles. The van der Waals surface area contributed by atoms with Crippen LogP contribution in [0.1, 0.15) is 80.1 Å². The average Bonchev–Trinajstić information content (AvgIpc) is 3.64. The van der Waals surface area contributed by atoms with Crippen molar-refractivity contribution in [3.05, 3.63) is 29.1 Å². The fraction of sp³-hybridized carbons (Fsp3) is 0.667. The summed E-state index contributed by atoms with van der Waals surface area (Å²) in [5.74, 6) is -0.118. The van der Waals surface area contributed by atoms with Gasteiger partial charge in [-0.25, -0.2) is 9.18 Å². The van der Waals surface area contributed by atoms with Gasteiger partial charge < -0.3 is 9.47 Å². The number of hydrogen-bond acceptors (Lipinski definition) is 5. The molecule has 7 heteroatoms. The van der Waals surface area contributed by atoms with Crippen LogP contribution in [0.4, 0.5) is 4.39 Å². The van der Waals surface area contributed by atoms with Gasteiger partial charge in [0.05, 0.1) is 25.2 Å². The highest BCUT2D eigenvalue weighted by molar-refractivity contribution is 6.13. The number of carbonyl (C=O) groups is 3. The summed E-state index contributed by atoms with van der Waals surface area (Å²) in [6.45, 7) is 2.18. The van der Waals surface area contributed by atoms with Crippen molar-refractivity contribution in [1.82, 2.24) is 4.90 Å². The molecule has 1 aromatic rings. The molecule has 1 aromatic carbocycles. The Hall–Kier alpha value is -2.44. The molecule has 5 aliphatic carbocycles. The van der Waals surface area contributed by atoms with Gasteiger partial charge in [0.15, 0.2) is 0 Å². The van der Waals surface area contributed by atoms with E-state index in [4.69, 9.17) is 9.47 Å². The normalized spacial score (nSPS) is 35.8. The lowest BCUT2D eigenvalue weighted by Gasteiger charge is -2.56. The second-order valence-electron chi connectivity index (χ2n) is 11.6. The summed E-state index contributed by atoms with van der Waals surface area (Å²) in [6.07, 6.45) is 9.65. The quantitative estimate of drug-likeness (QED) is 0.350. The summed E-state index contributed by atoms with van der Waals surface area (Å²) < 4.78 is 26.3. The minimum atomic E-state index is -1.01. The third-order valence-corrected chi connectivity index (χ3v) is 9.09. The topological polar surface area (TPSA) is 72.9 Å². The number of rotatable bonds is 6. The Kier molecular flexibility index (Phi) is 5.05. The predicted molar refractivity (Wildman–Crippen MR) is 121 cm³/mol. The SMILES string of the molecule is COC(=O)C1[C@@H](C)C(=O)N1C(=O)c1cc(C2CC2)c(OCC23CC4CC(CC(C4)C2)C3)cc1F. The molecule has 182 valence electrons. The van der Waals surface area contributed by atoms with Gasteiger partial charge in [0, 0.05) is 11.5 Å². The number of methoxy groups -OCH3 is 1. The number of hydrogen-bond donors (Lipinski definition) is 0. The Labute approximate surface area is 199 Å². The van der Waals surface area contributed by atoms with Crippen LogP contribution in [0.25, 0.3) is 0 Å². The highest BCUT2D eigenvalue weighted by atomic mass is 19.1. The fourth-order valence-electron chi connectivity index (χ4n) is 7.69. The fourth-order valence-corrected chi connectivity index (χ4v) is 7.69. The van der Waals surface area contributed by atoms with E-state index in [0.29, 0.717) is 12.4 Å². The number of carbonyl (C=O) groups excluding carboxylic acids is 3. The molecule has 0 radical (unpaired) electrons. The van der Waals surface area contributed by atoms with Gasteiger partial charge in [-0.15, -0.1) is 0 Å². The van der Waals surface area contributed by atoms with Crippen molar-refractivity contribution in [3.8, 4) is 5.75 Å². The van der Waals surface area contributed by atoms with Crippen molar-refractivity contribution < 1.29 is 28.2 Å². The average molecular weight is 470 g/mol. The molecule has 7 rings (SSSR count). The number of halogens is 1. The molecule has 0 spiro atoms. The number of nitrogens with zero attached hydrogens (tertiary/aromatic N) is 1. The maximum Gasteiger partial charge on any atom is 0.329 e. The lowest BCUT2D eigenvalue weighted by atomic mass is 9.50. The lowest BCUT2D eigenvalue weighted by molar-refractivity contribution is -0.167. The second-order valence-corrected chi connectivity index (χ2v) is 11.6. The number of imide groups is 1. The molecule has 1 heterocycles. The van der Waals surface area contributed by atoms with Crippen molar-refractivity contribution in [2.24, 2.45) is 29.1 Å². The molecule has 6 fully saturated rings. The zero-order valence-electron chi connectivity index (χ0n) is 19.8. The Morgan fingerprint density at radius 1 is 1.09 bits per heavy atom. The van der Waals surface area contributed by atoms with Gasteiger partial charge in [-0.2, -0.15) is 0 Å². The molecule has 0 N–H and O–H groups in total. The van der Waals surface area contributed by atoms with E-state index in [-0.39, 0.29) is 16.9 Å². The molecule has 6 nitrogen and oxygen atoms in total. The standard InChI is InChI=1S/C27H32FNO5/c1-14-23(26(32)33-2)29(24(14)30)25(31)20-8-19(18-3-4-18)22(9-21(20)28)34-13-27-10-15-5-16(11-27)7-17(6-15)12-27/h8-9,14-18,23H,3-7,10-13H2,1-2H3/t14-,15?,16?,17?,23?,27?/m1/s1. The molecular weight excluding hydrogens is 437 g/mol. The summed E-state index contributed by atoms with van der Waals surface area (Å²) in [6, 6.07) is 1.86. The van der Waals surface area contributed by atoms with E-state index in [1.807, 2.05) is 0 Å². The maximum absolute atomic E-state index is 15.2. The summed E-state index contributed by atoms with van der Waals surface area (Å²) in [5, 5.41) is 0. The van der Waals surface area contributed by atoms with Crippen LogP contribution in [-0.4, -0.2) is 42.4 Å². The summed E-state index contributed by atoms with van der Waals surface area (Å²) in [7, 11) is 1.21. The van der Waals surface area contributed by atoms with E-state index < -0.39 is 35.6 Å². The van der Waals surface area contributed by atoms with E-state index in [1.165, 1.54) is 51.7 Å². The number of ether oxygens (including phenoxy) is 2. The zero-order valence-corrected chi connectivity index (χ0v) is 19.8. The first-order valence-corrected chi connectivity index (χ1v) is 12.7. The Bertz CT molecular complexity index is 1030.